The van der Waals surface area contributed by atoms with Gasteiger partial charge >= 0.3 is 0 Å². The first kappa shape index (κ1) is 4.77. The summed E-state index contributed by atoms with van der Waals surface area (Å²) < 4.78 is 5.41. The third-order valence-electron chi connectivity index (χ3n) is 1.97. The minimum absolute atomic E-state index is 0.550. The van der Waals surface area contributed by atoms with Gasteiger partial charge in [-0.2, -0.15) is 0 Å². The number of nitrogens with one attached hydrogen (secondary N) is 1. The zero-order chi connectivity index (χ0) is 5.40. The molecule has 2 nitrogen and oxygen atoms in total. The van der Waals surface area contributed by atoms with Crippen LogP contribution in [0, 0.1) is 5.92 Å². The predicted molar refractivity (Wildman–Crippen MR) is 30.7 cm³/mol. The van der Waals surface area contributed by atoms with Gasteiger partial charge in [-0.05, 0) is 12.3 Å². The van der Waals surface area contributed by atoms with Crippen molar-refractivity contribution in [2.24, 2.45) is 5.92 Å². The van der Waals surface area contributed by atoms with Crippen molar-refractivity contribution in [2.45, 2.75) is 12.5 Å². The fourth-order valence-corrected chi connectivity index (χ4v) is 1.51. The molecule has 2 aliphatic heterocycles. The van der Waals surface area contributed by atoms with Crippen LogP contribution in [0.5, 0.6) is 0 Å². The van der Waals surface area contributed by atoms with Crippen LogP contribution >= 0.6 is 0 Å². The van der Waals surface area contributed by atoms with Gasteiger partial charge in [0.15, 0.2) is 0 Å². The van der Waals surface area contributed by atoms with Crippen LogP contribution in [0.1, 0.15) is 6.42 Å². The molecule has 46 valence electrons. The largest absolute Gasteiger partial charge is 0.377 e. The number of rotatable bonds is 0. The lowest BCUT2D eigenvalue weighted by atomic mass is 10.0. The molecule has 0 unspecified atom stereocenters. The summed E-state index contributed by atoms with van der Waals surface area (Å²) in [5, 5.41) is 3.32. The van der Waals surface area contributed by atoms with Gasteiger partial charge < -0.3 is 10.1 Å². The van der Waals surface area contributed by atoms with E-state index in [1.807, 2.05) is 0 Å². The molecule has 2 bridgehead atoms. The zero-order valence-electron chi connectivity index (χ0n) is 4.89. The summed E-state index contributed by atoms with van der Waals surface area (Å²) in [7, 11) is 0. The summed E-state index contributed by atoms with van der Waals surface area (Å²) >= 11 is 0. The highest BCUT2D eigenvalue weighted by atomic mass is 16.5. The van der Waals surface area contributed by atoms with Crippen LogP contribution in [0.15, 0.2) is 0 Å². The lowest BCUT2D eigenvalue weighted by Gasteiger charge is -2.16. The second-order valence-electron chi connectivity index (χ2n) is 2.72. The van der Waals surface area contributed by atoms with Crippen LogP contribution in [0.4, 0.5) is 0 Å². The molecular formula is C6H11NO. The third-order valence-corrected chi connectivity index (χ3v) is 1.97. The van der Waals surface area contributed by atoms with Crippen LogP contribution in [0.25, 0.3) is 0 Å². The Hall–Kier alpha value is -0.0800. The molecule has 2 atom stereocenters. The first-order chi connectivity index (χ1) is 3.95. The highest BCUT2D eigenvalue weighted by Crippen LogP contribution is 2.21. The molecule has 2 fully saturated rings. The second kappa shape index (κ2) is 1.71. The van der Waals surface area contributed by atoms with Crippen molar-refractivity contribution in [2.75, 3.05) is 19.7 Å². The van der Waals surface area contributed by atoms with E-state index in [0.717, 1.165) is 19.1 Å². The first-order valence-electron chi connectivity index (χ1n) is 3.27. The Labute approximate surface area is 49.2 Å². The van der Waals surface area contributed by atoms with Crippen LogP contribution in [0.2, 0.25) is 0 Å². The lowest BCUT2D eigenvalue weighted by molar-refractivity contribution is 0.116. The SMILES string of the molecule is C1NC[C@@H]2C[C@H]1CO2. The van der Waals surface area contributed by atoms with Crippen LogP contribution in [-0.2, 0) is 4.74 Å². The highest BCUT2D eigenvalue weighted by molar-refractivity contribution is 4.81. The number of hydrogen-bond donors (Lipinski definition) is 1. The first-order valence-corrected chi connectivity index (χ1v) is 3.27. The van der Waals surface area contributed by atoms with Crippen molar-refractivity contribution in [1.29, 1.82) is 0 Å². The normalized spacial score (nSPS) is 45.0. The standard InChI is InChI=1S/C6H11NO/c1-5-2-7-3-6(1)8-4-5/h5-7H,1-4H2/t5-,6+/m1/s1. The fraction of sp³-hybridized carbons (Fsp3) is 1.00. The van der Waals surface area contributed by atoms with Crippen molar-refractivity contribution in [3.05, 3.63) is 0 Å². The Morgan fingerprint density at radius 1 is 1.38 bits per heavy atom. The quantitative estimate of drug-likeness (QED) is 0.477. The molecule has 8 heavy (non-hydrogen) atoms. The van der Waals surface area contributed by atoms with Crippen LogP contribution < -0.4 is 5.32 Å². The van der Waals surface area contributed by atoms with Crippen molar-refractivity contribution in [3.8, 4) is 0 Å². The summed E-state index contributed by atoms with van der Waals surface area (Å²) in [6.45, 7) is 3.25. The summed E-state index contributed by atoms with van der Waals surface area (Å²) in [4.78, 5) is 0. The molecule has 0 aromatic rings. The van der Waals surface area contributed by atoms with Gasteiger partial charge in [0.25, 0.3) is 0 Å². The average molecular weight is 113 g/mol. The third kappa shape index (κ3) is 0.644. The zero-order valence-corrected chi connectivity index (χ0v) is 4.89. The van der Waals surface area contributed by atoms with Gasteiger partial charge in [-0.25, -0.2) is 0 Å². The van der Waals surface area contributed by atoms with Gasteiger partial charge in [-0.3, -0.25) is 0 Å². The number of ether oxygens (including phenoxy) is 1. The molecule has 2 heteroatoms. The van der Waals surface area contributed by atoms with Gasteiger partial charge in [-0.1, -0.05) is 0 Å². The van der Waals surface area contributed by atoms with E-state index in [-0.39, 0.29) is 0 Å². The maximum atomic E-state index is 5.41. The minimum Gasteiger partial charge on any atom is -0.377 e. The van der Waals surface area contributed by atoms with Gasteiger partial charge in [0, 0.05) is 13.1 Å². The molecule has 0 radical (unpaired) electrons. The van der Waals surface area contributed by atoms with Gasteiger partial charge in [-0.15, -0.1) is 0 Å². The predicted octanol–water partition coefficient (Wildman–Crippen LogP) is -0.00530. The van der Waals surface area contributed by atoms with E-state index in [9.17, 15) is 0 Å². The second-order valence-corrected chi connectivity index (χ2v) is 2.72. The summed E-state index contributed by atoms with van der Waals surface area (Å²) in [6.07, 6.45) is 1.85. The topological polar surface area (TPSA) is 21.3 Å². The average Bonchev–Trinajstić information content (AvgIpc) is 2.12. The summed E-state index contributed by atoms with van der Waals surface area (Å²) in [5.74, 6) is 0.828. The molecule has 0 aromatic heterocycles. The van der Waals surface area contributed by atoms with E-state index in [0.29, 0.717) is 6.10 Å². The summed E-state index contributed by atoms with van der Waals surface area (Å²) in [6, 6.07) is 0. The van der Waals surface area contributed by atoms with E-state index < -0.39 is 0 Å². The van der Waals surface area contributed by atoms with E-state index >= 15 is 0 Å². The number of fused-ring (bicyclic) bond motifs is 2. The van der Waals surface area contributed by atoms with Gasteiger partial charge in [0.05, 0.1) is 12.7 Å². The highest BCUT2D eigenvalue weighted by Gasteiger charge is 2.28. The van der Waals surface area contributed by atoms with E-state index in [1.54, 1.807) is 0 Å². The maximum absolute atomic E-state index is 5.41. The molecule has 0 aliphatic carbocycles. The fourth-order valence-electron chi connectivity index (χ4n) is 1.51. The van der Waals surface area contributed by atoms with E-state index in [1.165, 1.54) is 13.0 Å². The molecule has 1 N–H and O–H groups in total. The maximum Gasteiger partial charge on any atom is 0.0703 e. The molecule has 2 rings (SSSR count). The Morgan fingerprint density at radius 3 is 3.12 bits per heavy atom. The van der Waals surface area contributed by atoms with E-state index in [2.05, 4.69) is 5.32 Å². The van der Waals surface area contributed by atoms with Crippen LogP contribution in [-0.4, -0.2) is 25.8 Å². The minimum atomic E-state index is 0.550. The smallest absolute Gasteiger partial charge is 0.0703 e. The van der Waals surface area contributed by atoms with E-state index in [4.69, 9.17) is 4.74 Å². The van der Waals surface area contributed by atoms with Crippen molar-refractivity contribution >= 4 is 0 Å². The molecule has 2 aliphatic rings. The molecule has 0 spiro atoms. The Bertz CT molecular complexity index is 80.5. The van der Waals surface area contributed by atoms with Gasteiger partial charge in [0.1, 0.15) is 0 Å². The van der Waals surface area contributed by atoms with Gasteiger partial charge in [0.2, 0.25) is 0 Å². The van der Waals surface area contributed by atoms with Crippen molar-refractivity contribution in [3.63, 3.8) is 0 Å². The summed E-state index contributed by atoms with van der Waals surface area (Å²) in [5.41, 5.74) is 0. The monoisotopic (exact) mass is 113 g/mol. The van der Waals surface area contributed by atoms with Crippen LogP contribution in [0.3, 0.4) is 0 Å². The molecular weight excluding hydrogens is 102 g/mol. The molecule has 2 heterocycles. The Morgan fingerprint density at radius 2 is 2.38 bits per heavy atom. The Kier molecular flexibility index (Phi) is 1.02. The number of hydrogen-bond acceptors (Lipinski definition) is 2. The molecule has 0 saturated carbocycles. The molecule has 2 saturated heterocycles. The number of piperidine rings is 1. The lowest BCUT2D eigenvalue weighted by Crippen LogP contribution is -2.34. The van der Waals surface area contributed by atoms with Crippen molar-refractivity contribution < 1.29 is 4.74 Å². The van der Waals surface area contributed by atoms with Crippen molar-refractivity contribution in [1.82, 2.24) is 5.32 Å². The molecule has 0 amide bonds. The Balaban J connectivity index is 2.03. The molecule has 0 aromatic carbocycles.